The number of nitrogens with zero attached hydrogens (tertiary/aromatic N) is 3. The van der Waals surface area contributed by atoms with E-state index >= 15 is 0 Å². The van der Waals surface area contributed by atoms with Gasteiger partial charge in [0, 0.05) is 18.9 Å². The lowest BCUT2D eigenvalue weighted by molar-refractivity contribution is -0.0414. The summed E-state index contributed by atoms with van der Waals surface area (Å²) < 4.78 is 12.7. The van der Waals surface area contributed by atoms with E-state index in [0.717, 1.165) is 21.1 Å². The summed E-state index contributed by atoms with van der Waals surface area (Å²) in [7, 11) is 1.93. The van der Waals surface area contributed by atoms with Gasteiger partial charge in [-0.3, -0.25) is 4.68 Å². The highest BCUT2D eigenvalue weighted by atomic mass is 32.1. The van der Waals surface area contributed by atoms with E-state index in [-0.39, 0.29) is 6.29 Å². The van der Waals surface area contributed by atoms with Gasteiger partial charge in [0.2, 0.25) is 0 Å². The van der Waals surface area contributed by atoms with Crippen LogP contribution < -0.4 is 0 Å². The summed E-state index contributed by atoms with van der Waals surface area (Å²) in [4.78, 5) is 5.42. The Morgan fingerprint density at radius 3 is 2.76 bits per heavy atom. The topological polar surface area (TPSA) is 49.2 Å². The molecule has 1 saturated heterocycles. The van der Waals surface area contributed by atoms with Crippen LogP contribution in [0.25, 0.3) is 10.6 Å². The Bertz CT molecular complexity index is 529. The average molecular weight is 251 g/mol. The zero-order valence-electron chi connectivity index (χ0n) is 9.71. The molecule has 0 radical (unpaired) electrons. The van der Waals surface area contributed by atoms with Crippen LogP contribution in [0.1, 0.15) is 16.9 Å². The van der Waals surface area contributed by atoms with Gasteiger partial charge in [-0.25, -0.2) is 4.98 Å². The fourth-order valence-corrected chi connectivity index (χ4v) is 2.73. The SMILES string of the molecule is Cc1c(-c2ncc(C3OCCO3)s2)cnn1C. The van der Waals surface area contributed by atoms with Crippen molar-refractivity contribution in [2.45, 2.75) is 13.2 Å². The van der Waals surface area contributed by atoms with E-state index in [1.54, 1.807) is 11.3 Å². The fourth-order valence-electron chi connectivity index (χ4n) is 1.75. The Labute approximate surface area is 103 Å². The summed E-state index contributed by atoms with van der Waals surface area (Å²) in [5.41, 5.74) is 2.18. The molecule has 2 aromatic heterocycles. The molecule has 17 heavy (non-hydrogen) atoms. The first kappa shape index (κ1) is 10.9. The number of aryl methyl sites for hydroxylation is 1. The quantitative estimate of drug-likeness (QED) is 0.818. The van der Waals surface area contributed by atoms with E-state index in [1.165, 1.54) is 0 Å². The predicted octanol–water partition coefficient (Wildman–Crippen LogP) is 1.90. The van der Waals surface area contributed by atoms with Crippen LogP contribution in [0.3, 0.4) is 0 Å². The van der Waals surface area contributed by atoms with Crippen molar-refractivity contribution in [1.82, 2.24) is 14.8 Å². The van der Waals surface area contributed by atoms with Crippen LogP contribution in [0.15, 0.2) is 12.4 Å². The first-order chi connectivity index (χ1) is 8.25. The summed E-state index contributed by atoms with van der Waals surface area (Å²) in [5.74, 6) is 0. The maximum Gasteiger partial charge on any atom is 0.194 e. The van der Waals surface area contributed by atoms with E-state index in [0.29, 0.717) is 13.2 Å². The van der Waals surface area contributed by atoms with Gasteiger partial charge in [0.05, 0.1) is 29.9 Å². The van der Waals surface area contributed by atoms with Crippen molar-refractivity contribution in [2.24, 2.45) is 7.05 Å². The highest BCUT2D eigenvalue weighted by Gasteiger charge is 2.22. The first-order valence-corrected chi connectivity index (χ1v) is 6.25. The maximum absolute atomic E-state index is 5.45. The first-order valence-electron chi connectivity index (χ1n) is 5.43. The number of aromatic nitrogens is 3. The van der Waals surface area contributed by atoms with Gasteiger partial charge in [0.15, 0.2) is 6.29 Å². The molecule has 0 atom stereocenters. The molecule has 0 unspecified atom stereocenters. The summed E-state index contributed by atoms with van der Waals surface area (Å²) in [6.07, 6.45) is 3.43. The van der Waals surface area contributed by atoms with Crippen molar-refractivity contribution in [3.63, 3.8) is 0 Å². The van der Waals surface area contributed by atoms with Gasteiger partial charge in [0.1, 0.15) is 5.01 Å². The Balaban J connectivity index is 1.91. The molecule has 0 spiro atoms. The Morgan fingerprint density at radius 2 is 2.12 bits per heavy atom. The van der Waals surface area contributed by atoms with Gasteiger partial charge in [0.25, 0.3) is 0 Å². The normalized spacial score (nSPS) is 16.8. The summed E-state index contributed by atoms with van der Waals surface area (Å²) in [5, 5.41) is 5.18. The predicted molar refractivity (Wildman–Crippen MR) is 63.7 cm³/mol. The molecular weight excluding hydrogens is 238 g/mol. The molecule has 0 bridgehead atoms. The summed E-state index contributed by atoms with van der Waals surface area (Å²) >= 11 is 1.60. The van der Waals surface area contributed by atoms with Crippen LogP contribution in [-0.4, -0.2) is 28.0 Å². The Morgan fingerprint density at radius 1 is 1.35 bits per heavy atom. The number of ether oxygens (including phenoxy) is 2. The van der Waals surface area contributed by atoms with E-state index in [4.69, 9.17) is 9.47 Å². The van der Waals surface area contributed by atoms with E-state index < -0.39 is 0 Å². The van der Waals surface area contributed by atoms with Crippen LogP contribution in [0, 0.1) is 6.92 Å². The summed E-state index contributed by atoms with van der Waals surface area (Å²) in [6.45, 7) is 3.35. The lowest BCUT2D eigenvalue weighted by Crippen LogP contribution is -1.93. The highest BCUT2D eigenvalue weighted by molar-refractivity contribution is 7.15. The van der Waals surface area contributed by atoms with Crippen molar-refractivity contribution >= 4 is 11.3 Å². The monoisotopic (exact) mass is 251 g/mol. The molecule has 1 aliphatic heterocycles. The maximum atomic E-state index is 5.45. The van der Waals surface area contributed by atoms with Gasteiger partial charge in [-0.05, 0) is 6.92 Å². The molecule has 6 heteroatoms. The molecular formula is C11H13N3O2S. The van der Waals surface area contributed by atoms with E-state index in [2.05, 4.69) is 10.1 Å². The summed E-state index contributed by atoms with van der Waals surface area (Å²) in [6, 6.07) is 0. The lowest BCUT2D eigenvalue weighted by atomic mass is 10.3. The van der Waals surface area contributed by atoms with Crippen LogP contribution in [-0.2, 0) is 16.5 Å². The molecule has 0 saturated carbocycles. The third kappa shape index (κ3) is 1.88. The average Bonchev–Trinajstić information content (AvgIpc) is 3.01. The van der Waals surface area contributed by atoms with E-state index in [1.807, 2.05) is 31.0 Å². The van der Waals surface area contributed by atoms with Crippen molar-refractivity contribution in [3.8, 4) is 10.6 Å². The van der Waals surface area contributed by atoms with Crippen LogP contribution in [0.2, 0.25) is 0 Å². The molecule has 3 heterocycles. The minimum Gasteiger partial charge on any atom is -0.345 e. The smallest absolute Gasteiger partial charge is 0.194 e. The largest absolute Gasteiger partial charge is 0.345 e. The molecule has 5 nitrogen and oxygen atoms in total. The number of rotatable bonds is 2. The second kappa shape index (κ2) is 4.21. The molecule has 0 aromatic carbocycles. The third-order valence-corrected chi connectivity index (χ3v) is 3.90. The molecule has 0 aliphatic carbocycles. The van der Waals surface area contributed by atoms with Gasteiger partial charge in [-0.15, -0.1) is 11.3 Å². The minimum absolute atomic E-state index is 0.238. The Kier molecular flexibility index (Phi) is 2.70. The van der Waals surface area contributed by atoms with Crippen LogP contribution in [0.4, 0.5) is 0 Å². The van der Waals surface area contributed by atoms with Crippen molar-refractivity contribution in [1.29, 1.82) is 0 Å². The van der Waals surface area contributed by atoms with Crippen molar-refractivity contribution < 1.29 is 9.47 Å². The molecule has 0 N–H and O–H groups in total. The molecule has 0 amide bonds. The fraction of sp³-hybridized carbons (Fsp3) is 0.455. The van der Waals surface area contributed by atoms with Crippen molar-refractivity contribution in [3.05, 3.63) is 23.0 Å². The molecule has 1 aliphatic rings. The standard InChI is InChI=1S/C11H13N3O2S/c1-7-8(5-13-14(7)2)10-12-6-9(17-10)11-15-3-4-16-11/h5-6,11H,3-4H2,1-2H3. The second-order valence-electron chi connectivity index (χ2n) is 3.91. The number of hydrogen-bond acceptors (Lipinski definition) is 5. The number of hydrogen-bond donors (Lipinski definition) is 0. The highest BCUT2D eigenvalue weighted by Crippen LogP contribution is 2.33. The van der Waals surface area contributed by atoms with Gasteiger partial charge < -0.3 is 9.47 Å². The van der Waals surface area contributed by atoms with Crippen molar-refractivity contribution in [2.75, 3.05) is 13.2 Å². The second-order valence-corrected chi connectivity index (χ2v) is 4.97. The van der Waals surface area contributed by atoms with Crippen LogP contribution >= 0.6 is 11.3 Å². The van der Waals surface area contributed by atoms with Crippen LogP contribution in [0.5, 0.6) is 0 Å². The zero-order valence-corrected chi connectivity index (χ0v) is 10.5. The lowest BCUT2D eigenvalue weighted by Gasteiger charge is -2.03. The molecule has 90 valence electrons. The minimum atomic E-state index is -0.238. The third-order valence-electron chi connectivity index (χ3n) is 2.84. The van der Waals surface area contributed by atoms with Gasteiger partial charge in [-0.2, -0.15) is 5.10 Å². The molecule has 3 rings (SSSR count). The Hall–Kier alpha value is -1.24. The zero-order chi connectivity index (χ0) is 11.8. The van der Waals surface area contributed by atoms with E-state index in [9.17, 15) is 0 Å². The van der Waals surface area contributed by atoms with Gasteiger partial charge in [-0.1, -0.05) is 0 Å². The molecule has 1 fully saturated rings. The number of thiazole rings is 1. The van der Waals surface area contributed by atoms with Gasteiger partial charge >= 0.3 is 0 Å². The molecule has 2 aromatic rings.